The molecule has 1 aliphatic rings. The Balaban J connectivity index is 1.58. The molecule has 9 heteroatoms. The summed E-state index contributed by atoms with van der Waals surface area (Å²) in [5.74, 6) is -1.49. The number of urea groups is 1. The van der Waals surface area contributed by atoms with Crippen LogP contribution in [0.2, 0.25) is 5.02 Å². The number of ether oxygens (including phenoxy) is 1. The monoisotopic (exact) mass is 415 g/mol. The van der Waals surface area contributed by atoms with Crippen LogP contribution in [0.4, 0.5) is 4.79 Å². The van der Waals surface area contributed by atoms with Gasteiger partial charge < -0.3 is 15.8 Å². The molecule has 1 atom stereocenters. The molecule has 0 spiro atoms. The van der Waals surface area contributed by atoms with Crippen LogP contribution in [0.3, 0.4) is 0 Å². The van der Waals surface area contributed by atoms with Crippen LogP contribution < -0.4 is 11.1 Å². The molecule has 1 heterocycles. The highest BCUT2D eigenvalue weighted by Gasteiger charge is 2.34. The molecule has 1 aliphatic heterocycles. The molecule has 0 unspecified atom stereocenters. The SMILES string of the molecule is NC(=O)N[C@@H](CC(=O)OCCN1C(=O)c2ccccc2C1=O)c1ccccc1Cl. The number of nitrogens with zero attached hydrogens (tertiary/aromatic N) is 1. The third-order valence-corrected chi connectivity index (χ3v) is 4.77. The summed E-state index contributed by atoms with van der Waals surface area (Å²) >= 11 is 6.13. The fourth-order valence-electron chi connectivity index (χ4n) is 3.09. The Morgan fingerprint density at radius 1 is 1.03 bits per heavy atom. The van der Waals surface area contributed by atoms with Crippen LogP contribution in [-0.2, 0) is 9.53 Å². The summed E-state index contributed by atoms with van der Waals surface area (Å²) in [5, 5.41) is 2.83. The van der Waals surface area contributed by atoms with E-state index < -0.39 is 29.9 Å². The Morgan fingerprint density at radius 3 is 2.21 bits per heavy atom. The molecule has 8 nitrogen and oxygen atoms in total. The maximum absolute atomic E-state index is 12.3. The average molecular weight is 416 g/mol. The average Bonchev–Trinajstić information content (AvgIpc) is 2.93. The molecule has 0 saturated carbocycles. The van der Waals surface area contributed by atoms with Crippen molar-refractivity contribution in [2.24, 2.45) is 5.73 Å². The number of imide groups is 1. The Morgan fingerprint density at radius 2 is 1.62 bits per heavy atom. The van der Waals surface area contributed by atoms with Gasteiger partial charge in [0.15, 0.2) is 0 Å². The zero-order valence-electron chi connectivity index (χ0n) is 15.3. The lowest BCUT2D eigenvalue weighted by Crippen LogP contribution is -2.36. The summed E-state index contributed by atoms with van der Waals surface area (Å²) in [6.07, 6.45) is -0.214. The van der Waals surface area contributed by atoms with Gasteiger partial charge in [-0.15, -0.1) is 0 Å². The van der Waals surface area contributed by atoms with E-state index in [4.69, 9.17) is 22.1 Å². The number of primary amides is 1. The van der Waals surface area contributed by atoms with Crippen LogP contribution in [0.1, 0.15) is 38.7 Å². The molecule has 29 heavy (non-hydrogen) atoms. The van der Waals surface area contributed by atoms with Crippen LogP contribution in [0.25, 0.3) is 0 Å². The number of hydrogen-bond acceptors (Lipinski definition) is 5. The van der Waals surface area contributed by atoms with Crippen LogP contribution in [-0.4, -0.2) is 41.9 Å². The standard InChI is InChI=1S/C20H18ClN3O5/c21-15-8-4-3-7-14(15)16(23-20(22)28)11-17(25)29-10-9-24-18(26)12-5-1-2-6-13(12)19(24)27/h1-8,16H,9-11H2,(H3,22,23,28)/t16-/m0/s1. The number of fused-ring (bicyclic) bond motifs is 1. The van der Waals surface area contributed by atoms with Gasteiger partial charge >= 0.3 is 12.0 Å². The molecular formula is C20H18ClN3O5. The maximum Gasteiger partial charge on any atom is 0.312 e. The number of nitrogens with two attached hydrogens (primary N) is 1. The molecule has 2 aromatic rings. The summed E-state index contributed by atoms with van der Waals surface area (Å²) in [6.45, 7) is -0.242. The largest absolute Gasteiger partial charge is 0.464 e. The van der Waals surface area contributed by atoms with Gasteiger partial charge in [-0.25, -0.2) is 4.79 Å². The van der Waals surface area contributed by atoms with Crippen LogP contribution >= 0.6 is 11.6 Å². The van der Waals surface area contributed by atoms with E-state index in [1.54, 1.807) is 48.5 Å². The van der Waals surface area contributed by atoms with Crippen molar-refractivity contribution in [2.75, 3.05) is 13.2 Å². The molecule has 4 amide bonds. The zero-order valence-corrected chi connectivity index (χ0v) is 16.0. The first-order valence-corrected chi connectivity index (χ1v) is 9.17. The fourth-order valence-corrected chi connectivity index (χ4v) is 3.35. The smallest absolute Gasteiger partial charge is 0.312 e. The van der Waals surface area contributed by atoms with E-state index in [9.17, 15) is 19.2 Å². The Kier molecular flexibility index (Phi) is 6.13. The first-order valence-electron chi connectivity index (χ1n) is 8.79. The van der Waals surface area contributed by atoms with Crippen molar-refractivity contribution >= 4 is 35.4 Å². The first-order chi connectivity index (χ1) is 13.9. The zero-order chi connectivity index (χ0) is 21.0. The fraction of sp³-hybridized carbons (Fsp3) is 0.200. The second-order valence-corrected chi connectivity index (χ2v) is 6.72. The van der Waals surface area contributed by atoms with Crippen molar-refractivity contribution in [1.82, 2.24) is 10.2 Å². The van der Waals surface area contributed by atoms with Gasteiger partial charge in [0.1, 0.15) is 6.61 Å². The number of halogens is 1. The van der Waals surface area contributed by atoms with E-state index in [1.807, 2.05) is 0 Å². The van der Waals surface area contributed by atoms with Gasteiger partial charge in [-0.3, -0.25) is 19.3 Å². The van der Waals surface area contributed by atoms with E-state index in [1.165, 1.54) is 0 Å². The van der Waals surface area contributed by atoms with Crippen molar-refractivity contribution in [3.8, 4) is 0 Å². The van der Waals surface area contributed by atoms with Gasteiger partial charge in [0, 0.05) is 5.02 Å². The van der Waals surface area contributed by atoms with E-state index in [0.717, 1.165) is 4.90 Å². The molecule has 0 saturated heterocycles. The lowest BCUT2D eigenvalue weighted by Gasteiger charge is -2.19. The summed E-state index contributed by atoms with van der Waals surface area (Å²) in [5.41, 5.74) is 6.36. The third kappa shape index (κ3) is 4.55. The Hall–Kier alpha value is -3.39. The third-order valence-electron chi connectivity index (χ3n) is 4.42. The Labute approximate surface area is 171 Å². The second kappa shape index (κ2) is 8.74. The minimum absolute atomic E-state index is 0.0713. The van der Waals surface area contributed by atoms with Crippen molar-refractivity contribution in [1.29, 1.82) is 0 Å². The molecular weight excluding hydrogens is 398 g/mol. The molecule has 0 bridgehead atoms. The summed E-state index contributed by atoms with van der Waals surface area (Å²) in [6, 6.07) is 11.6. The molecule has 2 aromatic carbocycles. The van der Waals surface area contributed by atoms with Crippen molar-refractivity contribution in [3.63, 3.8) is 0 Å². The number of nitrogens with one attached hydrogen (secondary N) is 1. The second-order valence-electron chi connectivity index (χ2n) is 6.31. The highest BCUT2D eigenvalue weighted by Crippen LogP contribution is 2.25. The van der Waals surface area contributed by atoms with Crippen molar-refractivity contribution in [2.45, 2.75) is 12.5 Å². The predicted octanol–water partition coefficient (Wildman–Crippen LogP) is 2.28. The van der Waals surface area contributed by atoms with Crippen molar-refractivity contribution in [3.05, 3.63) is 70.2 Å². The predicted molar refractivity (Wildman–Crippen MR) is 104 cm³/mol. The molecule has 0 aliphatic carbocycles. The van der Waals surface area contributed by atoms with Gasteiger partial charge in [0.05, 0.1) is 30.1 Å². The quantitative estimate of drug-likeness (QED) is 0.531. The van der Waals surface area contributed by atoms with Gasteiger partial charge in [-0.2, -0.15) is 0 Å². The first kappa shape index (κ1) is 20.3. The number of carbonyl (C=O) groups excluding carboxylic acids is 4. The summed E-state index contributed by atoms with van der Waals surface area (Å²) in [4.78, 5) is 49.1. The number of hydrogen-bond donors (Lipinski definition) is 2. The molecule has 0 aromatic heterocycles. The maximum atomic E-state index is 12.3. The van der Waals surface area contributed by atoms with Crippen LogP contribution in [0, 0.1) is 0 Å². The Bertz CT molecular complexity index is 943. The van der Waals surface area contributed by atoms with E-state index >= 15 is 0 Å². The minimum atomic E-state index is -0.811. The molecule has 0 fully saturated rings. The number of carbonyl (C=O) groups is 4. The van der Waals surface area contributed by atoms with E-state index in [0.29, 0.717) is 21.7 Å². The minimum Gasteiger partial charge on any atom is -0.464 e. The number of rotatable bonds is 7. The van der Waals surface area contributed by atoms with E-state index in [2.05, 4.69) is 5.32 Å². The lowest BCUT2D eigenvalue weighted by molar-refractivity contribution is -0.144. The topological polar surface area (TPSA) is 119 Å². The van der Waals surface area contributed by atoms with Crippen LogP contribution in [0.15, 0.2) is 48.5 Å². The van der Waals surface area contributed by atoms with Gasteiger partial charge in [0.2, 0.25) is 0 Å². The molecule has 0 radical (unpaired) electrons. The summed E-state index contributed by atoms with van der Waals surface area (Å²) < 4.78 is 5.15. The lowest BCUT2D eigenvalue weighted by atomic mass is 10.0. The normalized spacial score (nSPS) is 13.8. The van der Waals surface area contributed by atoms with Crippen LogP contribution in [0.5, 0.6) is 0 Å². The van der Waals surface area contributed by atoms with Gasteiger partial charge in [-0.1, -0.05) is 41.9 Å². The van der Waals surface area contributed by atoms with Crippen molar-refractivity contribution < 1.29 is 23.9 Å². The molecule has 3 N–H and O–H groups in total. The number of esters is 1. The number of amides is 4. The molecule has 3 rings (SSSR count). The summed E-state index contributed by atoms with van der Waals surface area (Å²) in [7, 11) is 0. The highest BCUT2D eigenvalue weighted by atomic mass is 35.5. The van der Waals surface area contributed by atoms with Gasteiger partial charge in [0.25, 0.3) is 11.8 Å². The molecule has 150 valence electrons. The van der Waals surface area contributed by atoms with E-state index in [-0.39, 0.29) is 19.6 Å². The number of benzene rings is 2. The highest BCUT2D eigenvalue weighted by molar-refractivity contribution is 6.31. The van der Waals surface area contributed by atoms with Gasteiger partial charge in [-0.05, 0) is 23.8 Å².